The van der Waals surface area contributed by atoms with Crippen LogP contribution in [0.15, 0.2) is 218 Å². The van der Waals surface area contributed by atoms with Crippen molar-refractivity contribution in [1.29, 1.82) is 0 Å². The van der Waals surface area contributed by atoms with Crippen molar-refractivity contribution < 1.29 is 0 Å². The number of benzene rings is 11. The maximum absolute atomic E-state index is 2.61. The predicted octanol–water partition coefficient (Wildman–Crippen LogP) is 27.5. The van der Waals surface area contributed by atoms with Crippen LogP contribution < -0.4 is 9.80 Å². The maximum atomic E-state index is 2.61. The Kier molecular flexibility index (Phi) is 14.7. The molecule has 11 aromatic carbocycles. The number of hydrogen-bond acceptors (Lipinski definition) is 2. The standard InChI is InChI=1S/C94H94N4/c1-91(2,3)65-29-23-31-69(53-65)95(81-49-45-67(93(7,8)9)55-75(81)63-41-37-61(38-42-63)59-25-15-13-16-26-59)83-51-47-71-77-57-86-78(58-85(77)97-79-35-21-19-33-73(79)87(83)89(71)97)72-48-52-84(88-74-34-20-22-36-80(74)98(86)90(72)88)96(70-32-24-30-66(54-70)92(4,5)6)82-50-46-68(94(10,11)12)56-76(82)64-43-39-62(40-44-64)60-27-17-14-18-28-60/h19-24,29-60H,13-18,25-28H2,1-12H3. The molecule has 0 unspecified atom stereocenters. The summed E-state index contributed by atoms with van der Waals surface area (Å²) in [5.41, 5.74) is 27.4. The summed E-state index contributed by atoms with van der Waals surface area (Å²) in [7, 11) is 0. The maximum Gasteiger partial charge on any atom is 0.0641 e. The van der Waals surface area contributed by atoms with Gasteiger partial charge in [0.15, 0.2) is 0 Å². The second-order valence-electron chi connectivity index (χ2n) is 33.5. The lowest BCUT2D eigenvalue weighted by Gasteiger charge is -2.31. The Balaban J connectivity index is 0.898. The summed E-state index contributed by atoms with van der Waals surface area (Å²) in [6.45, 7) is 28.1. The van der Waals surface area contributed by atoms with E-state index < -0.39 is 0 Å². The van der Waals surface area contributed by atoms with E-state index in [0.29, 0.717) is 11.8 Å². The van der Waals surface area contributed by atoms with E-state index in [1.54, 1.807) is 0 Å². The first-order chi connectivity index (χ1) is 47.2. The van der Waals surface area contributed by atoms with E-state index in [2.05, 4.69) is 320 Å². The van der Waals surface area contributed by atoms with Crippen molar-refractivity contribution in [3.63, 3.8) is 0 Å². The van der Waals surface area contributed by atoms with Crippen molar-refractivity contribution in [3.8, 4) is 22.3 Å². The average molecular weight is 1280 g/mol. The highest BCUT2D eigenvalue weighted by Gasteiger charge is 2.32. The summed E-state index contributed by atoms with van der Waals surface area (Å²) in [5, 5.41) is 10.1. The van der Waals surface area contributed by atoms with Gasteiger partial charge < -0.3 is 18.6 Å². The average Bonchev–Trinajstić information content (AvgIpc) is 1.51. The molecule has 0 radical (unpaired) electrons. The zero-order valence-electron chi connectivity index (χ0n) is 59.8. The quantitative estimate of drug-likeness (QED) is 0.136. The van der Waals surface area contributed by atoms with E-state index in [0.717, 1.165) is 11.4 Å². The Bertz CT molecular complexity index is 5210. The molecular formula is C94H94N4. The highest BCUT2D eigenvalue weighted by atomic mass is 15.2. The van der Waals surface area contributed by atoms with Gasteiger partial charge in [-0.15, -0.1) is 0 Å². The second-order valence-corrected chi connectivity index (χ2v) is 33.5. The van der Waals surface area contributed by atoms with Crippen LogP contribution in [0, 0.1) is 0 Å². The molecular weight excluding hydrogens is 1190 g/mol. The van der Waals surface area contributed by atoms with Crippen LogP contribution in [0.4, 0.5) is 34.1 Å². The molecule has 490 valence electrons. The fraction of sp³-hybridized carbons (Fsp3) is 0.298. The molecule has 0 N–H and O–H groups in total. The van der Waals surface area contributed by atoms with Crippen molar-refractivity contribution in [1.82, 2.24) is 8.80 Å². The van der Waals surface area contributed by atoms with Crippen LogP contribution in [0.1, 0.15) is 193 Å². The summed E-state index contributed by atoms with van der Waals surface area (Å²) in [6, 6.07) is 86.2. The smallest absolute Gasteiger partial charge is 0.0641 e. The first-order valence-corrected chi connectivity index (χ1v) is 36.8. The van der Waals surface area contributed by atoms with Crippen LogP contribution in [0.2, 0.25) is 0 Å². The van der Waals surface area contributed by atoms with Crippen LogP contribution in [-0.4, -0.2) is 8.80 Å². The number of hydrogen-bond donors (Lipinski definition) is 0. The number of anilines is 6. The van der Waals surface area contributed by atoms with E-state index in [1.165, 1.54) is 219 Å². The number of aromatic nitrogens is 2. The summed E-state index contributed by atoms with van der Waals surface area (Å²) in [5.74, 6) is 1.28. The number of rotatable bonds is 10. The van der Waals surface area contributed by atoms with Crippen molar-refractivity contribution in [2.75, 3.05) is 9.80 Å². The molecule has 2 aliphatic carbocycles. The van der Waals surface area contributed by atoms with Gasteiger partial charge in [-0.25, -0.2) is 0 Å². The van der Waals surface area contributed by atoms with Crippen molar-refractivity contribution in [2.24, 2.45) is 0 Å². The zero-order chi connectivity index (χ0) is 67.3. The molecule has 0 saturated heterocycles. The minimum atomic E-state index is -0.0627. The summed E-state index contributed by atoms with van der Waals surface area (Å²) < 4.78 is 5.23. The van der Waals surface area contributed by atoms with Gasteiger partial charge in [-0.1, -0.05) is 255 Å². The molecule has 17 rings (SSSR count). The third-order valence-corrected chi connectivity index (χ3v) is 23.0. The molecule has 2 saturated carbocycles. The summed E-state index contributed by atoms with van der Waals surface area (Å²) in [4.78, 5) is 5.22. The Morgan fingerprint density at radius 2 is 0.643 bits per heavy atom. The van der Waals surface area contributed by atoms with E-state index in [1.807, 2.05) is 0 Å². The van der Waals surface area contributed by atoms with Crippen molar-refractivity contribution >= 4 is 110 Å². The van der Waals surface area contributed by atoms with Gasteiger partial charge >= 0.3 is 0 Å². The van der Waals surface area contributed by atoms with Gasteiger partial charge in [0.2, 0.25) is 0 Å². The first-order valence-electron chi connectivity index (χ1n) is 36.8. The molecule has 4 heteroatoms. The largest absolute Gasteiger partial charge is 0.309 e. The summed E-state index contributed by atoms with van der Waals surface area (Å²) >= 11 is 0. The van der Waals surface area contributed by atoms with Gasteiger partial charge in [0.25, 0.3) is 0 Å². The van der Waals surface area contributed by atoms with Crippen LogP contribution in [0.5, 0.6) is 0 Å². The van der Waals surface area contributed by atoms with E-state index in [9.17, 15) is 0 Å². The van der Waals surface area contributed by atoms with Gasteiger partial charge in [0.1, 0.15) is 0 Å². The van der Waals surface area contributed by atoms with Crippen LogP contribution in [0.3, 0.4) is 0 Å². The van der Waals surface area contributed by atoms with Crippen LogP contribution in [0.25, 0.3) is 98.4 Å². The van der Waals surface area contributed by atoms with Crippen LogP contribution in [-0.2, 0) is 21.7 Å². The van der Waals surface area contributed by atoms with Gasteiger partial charge in [0.05, 0.1) is 55.8 Å². The SMILES string of the molecule is CC(C)(C)c1cccc(N(c2ccc(C(C)(C)C)cc2-c2ccc(C3CCCCC3)cc2)c2ccc3c4cc5c(cc4n4c6ccccc6c2c34)c2ccc(N(c3cccc(C(C)(C)C)c3)c3ccc(C(C)(C)C)cc3-c3ccc(C4CCCCC4)cc3)c3c4ccccc4n5c23)c1. The Labute approximate surface area is 580 Å². The normalized spacial score (nSPS) is 15.1. The van der Waals surface area contributed by atoms with Gasteiger partial charge in [0, 0.05) is 65.6 Å². The molecule has 0 atom stereocenters. The van der Waals surface area contributed by atoms with E-state index in [-0.39, 0.29) is 21.7 Å². The highest BCUT2D eigenvalue weighted by molar-refractivity contribution is 6.32. The second kappa shape index (κ2) is 23.1. The van der Waals surface area contributed by atoms with E-state index >= 15 is 0 Å². The monoisotopic (exact) mass is 1280 g/mol. The first kappa shape index (κ1) is 62.2. The molecule has 4 aromatic heterocycles. The molecule has 2 aliphatic rings. The molecule has 0 spiro atoms. The van der Waals surface area contributed by atoms with Gasteiger partial charge in [-0.2, -0.15) is 0 Å². The molecule has 98 heavy (non-hydrogen) atoms. The molecule has 0 amide bonds. The molecule has 2 fully saturated rings. The Morgan fingerprint density at radius 3 is 1.02 bits per heavy atom. The van der Waals surface area contributed by atoms with Crippen molar-refractivity contribution in [3.05, 3.63) is 252 Å². The number of fused-ring (bicyclic) bond motifs is 12. The lowest BCUT2D eigenvalue weighted by Crippen LogP contribution is -2.16. The topological polar surface area (TPSA) is 15.3 Å². The number of nitrogens with zero attached hydrogens (tertiary/aromatic N) is 4. The Morgan fingerprint density at radius 1 is 0.286 bits per heavy atom. The Hall–Kier alpha value is -9.38. The minimum Gasteiger partial charge on any atom is -0.309 e. The molecule has 4 heterocycles. The third kappa shape index (κ3) is 10.3. The molecule has 4 nitrogen and oxygen atoms in total. The minimum absolute atomic E-state index is 0.0514. The lowest BCUT2D eigenvalue weighted by atomic mass is 9.82. The third-order valence-electron chi connectivity index (χ3n) is 23.0. The fourth-order valence-electron chi connectivity index (χ4n) is 17.5. The highest BCUT2D eigenvalue weighted by Crippen LogP contribution is 2.55. The molecule has 15 aromatic rings. The lowest BCUT2D eigenvalue weighted by molar-refractivity contribution is 0.443. The fourth-order valence-corrected chi connectivity index (χ4v) is 17.5. The zero-order valence-corrected chi connectivity index (χ0v) is 59.8. The molecule has 0 bridgehead atoms. The van der Waals surface area contributed by atoms with Crippen molar-refractivity contribution in [2.45, 2.75) is 181 Å². The van der Waals surface area contributed by atoms with Gasteiger partial charge in [-0.3, -0.25) is 0 Å². The number of para-hydroxylation sites is 2. The predicted molar refractivity (Wildman–Crippen MR) is 422 cm³/mol. The van der Waals surface area contributed by atoms with Crippen LogP contribution >= 0.6 is 0 Å². The van der Waals surface area contributed by atoms with E-state index in [4.69, 9.17) is 0 Å². The van der Waals surface area contributed by atoms with Gasteiger partial charge in [-0.05, 0) is 189 Å². The molecule has 0 aliphatic heterocycles. The summed E-state index contributed by atoms with van der Waals surface area (Å²) in [6.07, 6.45) is 13.2.